The van der Waals surface area contributed by atoms with Crippen molar-refractivity contribution < 1.29 is 9.90 Å². The van der Waals surface area contributed by atoms with Gasteiger partial charge in [-0.15, -0.1) is 0 Å². The quantitative estimate of drug-likeness (QED) is 0.827. The van der Waals surface area contributed by atoms with E-state index in [9.17, 15) is 9.90 Å². The van der Waals surface area contributed by atoms with E-state index in [0.717, 1.165) is 43.6 Å². The number of carbonyl (C=O) groups is 1. The summed E-state index contributed by atoms with van der Waals surface area (Å²) in [7, 11) is 0. The lowest BCUT2D eigenvalue weighted by molar-refractivity contribution is -0.122. The summed E-state index contributed by atoms with van der Waals surface area (Å²) in [6.07, 6.45) is 7.12. The smallest absolute Gasteiger partial charge is 0.135 e. The van der Waals surface area contributed by atoms with Crippen molar-refractivity contribution >= 4 is 5.78 Å². The van der Waals surface area contributed by atoms with Gasteiger partial charge in [-0.1, -0.05) is 25.5 Å². The second-order valence-electron chi connectivity index (χ2n) is 5.76. The second-order valence-corrected chi connectivity index (χ2v) is 5.76. The molecule has 0 spiro atoms. The van der Waals surface area contributed by atoms with Gasteiger partial charge in [-0.2, -0.15) is 0 Å². The molecule has 2 atom stereocenters. The van der Waals surface area contributed by atoms with Crippen LogP contribution < -0.4 is 0 Å². The molecule has 0 saturated heterocycles. The van der Waals surface area contributed by atoms with E-state index in [4.69, 9.17) is 0 Å². The third-order valence-corrected chi connectivity index (χ3v) is 4.45. The summed E-state index contributed by atoms with van der Waals surface area (Å²) in [5.74, 6) is 1.75. The first-order valence-corrected chi connectivity index (χ1v) is 7.49. The van der Waals surface area contributed by atoms with Crippen LogP contribution in [0.4, 0.5) is 0 Å². The van der Waals surface area contributed by atoms with Crippen molar-refractivity contribution in [3.63, 3.8) is 0 Å². The van der Waals surface area contributed by atoms with E-state index < -0.39 is 0 Å². The van der Waals surface area contributed by atoms with Crippen molar-refractivity contribution in [2.24, 2.45) is 11.8 Å². The Morgan fingerprint density at radius 3 is 2.84 bits per heavy atom. The largest absolute Gasteiger partial charge is 0.508 e. The molecule has 2 heteroatoms. The molecule has 1 aliphatic rings. The normalized spacial score (nSPS) is 24.2. The van der Waals surface area contributed by atoms with E-state index in [0.29, 0.717) is 11.5 Å². The number of hydrogen-bond donors (Lipinski definition) is 1. The third-order valence-electron chi connectivity index (χ3n) is 4.45. The van der Waals surface area contributed by atoms with Crippen LogP contribution in [0.15, 0.2) is 24.3 Å². The lowest BCUT2D eigenvalue weighted by Gasteiger charge is -2.13. The lowest BCUT2D eigenvalue weighted by atomic mass is 9.91. The average Bonchev–Trinajstić information content (AvgIpc) is 2.58. The molecule has 2 rings (SSSR count). The van der Waals surface area contributed by atoms with E-state index >= 15 is 0 Å². The molecule has 0 bridgehead atoms. The highest BCUT2D eigenvalue weighted by molar-refractivity contribution is 5.81. The maximum atomic E-state index is 12.1. The lowest BCUT2D eigenvalue weighted by Crippen LogP contribution is -2.13. The van der Waals surface area contributed by atoms with Gasteiger partial charge in [0.05, 0.1) is 0 Å². The van der Waals surface area contributed by atoms with Gasteiger partial charge in [-0.3, -0.25) is 4.79 Å². The predicted molar refractivity (Wildman–Crippen MR) is 77.2 cm³/mol. The van der Waals surface area contributed by atoms with Gasteiger partial charge in [0.1, 0.15) is 11.5 Å². The molecule has 1 aromatic carbocycles. The predicted octanol–water partition coefficient (Wildman–Crippen LogP) is 4.11. The zero-order valence-corrected chi connectivity index (χ0v) is 11.8. The number of rotatable bonds is 4. The van der Waals surface area contributed by atoms with Crippen LogP contribution in [-0.4, -0.2) is 10.9 Å². The highest BCUT2D eigenvalue weighted by Gasteiger charge is 2.24. The fraction of sp³-hybridized carbons (Fsp3) is 0.588. The van der Waals surface area contributed by atoms with Crippen molar-refractivity contribution in [2.45, 2.75) is 51.9 Å². The van der Waals surface area contributed by atoms with Crippen molar-refractivity contribution in [3.05, 3.63) is 29.8 Å². The summed E-state index contributed by atoms with van der Waals surface area (Å²) in [6, 6.07) is 7.38. The monoisotopic (exact) mass is 260 g/mol. The number of hydrogen-bond acceptors (Lipinski definition) is 2. The van der Waals surface area contributed by atoms with Crippen LogP contribution in [0.3, 0.4) is 0 Å². The van der Waals surface area contributed by atoms with Gasteiger partial charge in [0.25, 0.3) is 0 Å². The molecular weight excluding hydrogens is 236 g/mol. The van der Waals surface area contributed by atoms with E-state index in [1.54, 1.807) is 12.1 Å². The Bertz CT molecular complexity index is 425. The molecule has 0 aromatic heterocycles. The van der Waals surface area contributed by atoms with Crippen molar-refractivity contribution in [3.8, 4) is 5.75 Å². The minimum atomic E-state index is 0.235. The van der Waals surface area contributed by atoms with Gasteiger partial charge in [-0.25, -0.2) is 0 Å². The standard InChI is InChI=1S/C17H24O2/c1-2-13-6-9-15(17(19)11-8-13)10-7-14-4-3-5-16(18)12-14/h3-5,12-13,15,18H,2,6-11H2,1H3. The summed E-state index contributed by atoms with van der Waals surface area (Å²) in [6.45, 7) is 2.22. The molecule has 2 unspecified atom stereocenters. The summed E-state index contributed by atoms with van der Waals surface area (Å²) < 4.78 is 0. The van der Waals surface area contributed by atoms with Crippen LogP contribution in [0.2, 0.25) is 0 Å². The molecule has 1 N–H and O–H groups in total. The number of aromatic hydroxyl groups is 1. The fourth-order valence-electron chi connectivity index (χ4n) is 3.06. The zero-order valence-electron chi connectivity index (χ0n) is 11.8. The van der Waals surface area contributed by atoms with E-state index in [-0.39, 0.29) is 5.92 Å². The number of carbonyl (C=O) groups excluding carboxylic acids is 1. The molecule has 0 radical (unpaired) electrons. The highest BCUT2D eigenvalue weighted by Crippen LogP contribution is 2.29. The summed E-state index contributed by atoms with van der Waals surface area (Å²) in [5, 5.41) is 9.45. The molecule has 104 valence electrons. The van der Waals surface area contributed by atoms with Gasteiger partial charge in [0, 0.05) is 12.3 Å². The number of aryl methyl sites for hydroxylation is 1. The van der Waals surface area contributed by atoms with Crippen molar-refractivity contribution in [1.29, 1.82) is 0 Å². The molecule has 1 saturated carbocycles. The van der Waals surface area contributed by atoms with Crippen LogP contribution in [0.25, 0.3) is 0 Å². The van der Waals surface area contributed by atoms with Crippen molar-refractivity contribution in [1.82, 2.24) is 0 Å². The van der Waals surface area contributed by atoms with Gasteiger partial charge in [0.2, 0.25) is 0 Å². The van der Waals surface area contributed by atoms with Crippen LogP contribution in [-0.2, 0) is 11.2 Å². The molecule has 1 aromatic rings. The van der Waals surface area contributed by atoms with Gasteiger partial charge in [-0.05, 0) is 55.7 Å². The van der Waals surface area contributed by atoms with Crippen LogP contribution in [0.1, 0.15) is 51.0 Å². The maximum Gasteiger partial charge on any atom is 0.135 e. The highest BCUT2D eigenvalue weighted by atomic mass is 16.3. The Morgan fingerprint density at radius 1 is 1.26 bits per heavy atom. The van der Waals surface area contributed by atoms with E-state index in [2.05, 4.69) is 6.92 Å². The van der Waals surface area contributed by atoms with Gasteiger partial charge >= 0.3 is 0 Å². The Balaban J connectivity index is 1.89. The Kier molecular flexibility index (Phi) is 5.00. The van der Waals surface area contributed by atoms with E-state index in [1.807, 2.05) is 12.1 Å². The van der Waals surface area contributed by atoms with Crippen LogP contribution in [0.5, 0.6) is 5.75 Å². The summed E-state index contributed by atoms with van der Waals surface area (Å²) >= 11 is 0. The third kappa shape index (κ3) is 4.09. The molecular formula is C17H24O2. The van der Waals surface area contributed by atoms with Crippen molar-refractivity contribution in [2.75, 3.05) is 0 Å². The summed E-state index contributed by atoms with van der Waals surface area (Å²) in [5.41, 5.74) is 1.13. The molecule has 2 nitrogen and oxygen atoms in total. The molecule has 1 aliphatic carbocycles. The SMILES string of the molecule is CCC1CCC(=O)C(CCc2cccc(O)c2)CC1. The minimum absolute atomic E-state index is 0.235. The summed E-state index contributed by atoms with van der Waals surface area (Å²) in [4.78, 5) is 12.1. The molecule has 0 aliphatic heterocycles. The minimum Gasteiger partial charge on any atom is -0.508 e. The first kappa shape index (κ1) is 14.1. The molecule has 1 fully saturated rings. The molecule has 19 heavy (non-hydrogen) atoms. The number of phenolic OH excluding ortho intramolecular Hbond substituents is 1. The fourth-order valence-corrected chi connectivity index (χ4v) is 3.06. The average molecular weight is 260 g/mol. The van der Waals surface area contributed by atoms with Crippen LogP contribution in [0, 0.1) is 11.8 Å². The number of phenols is 1. The Labute approximate surface area is 115 Å². The molecule has 0 heterocycles. The first-order chi connectivity index (χ1) is 9.19. The Morgan fingerprint density at radius 2 is 2.11 bits per heavy atom. The van der Waals surface area contributed by atoms with E-state index in [1.165, 1.54) is 12.8 Å². The van der Waals surface area contributed by atoms with Gasteiger partial charge < -0.3 is 5.11 Å². The zero-order chi connectivity index (χ0) is 13.7. The molecule has 0 amide bonds. The maximum absolute atomic E-state index is 12.1. The Hall–Kier alpha value is -1.31. The number of Topliss-reactive ketones (excluding diaryl/α,β-unsaturated/α-hetero) is 1. The number of benzene rings is 1. The first-order valence-electron chi connectivity index (χ1n) is 7.49. The number of ketones is 1. The van der Waals surface area contributed by atoms with Gasteiger partial charge in [0.15, 0.2) is 0 Å². The topological polar surface area (TPSA) is 37.3 Å². The van der Waals surface area contributed by atoms with Crippen LogP contribution >= 0.6 is 0 Å². The second kappa shape index (κ2) is 6.74.